The Morgan fingerprint density at radius 3 is 2.31 bits per heavy atom. The lowest BCUT2D eigenvalue weighted by Crippen LogP contribution is -2.20. The van der Waals surface area contributed by atoms with Crippen molar-refractivity contribution < 1.29 is 0 Å². The van der Waals surface area contributed by atoms with Gasteiger partial charge in [-0.25, -0.2) is 0 Å². The molecular formula is C12H30P4. The summed E-state index contributed by atoms with van der Waals surface area (Å²) < 4.78 is 0. The molecule has 0 aromatic carbocycles. The van der Waals surface area contributed by atoms with E-state index in [0.29, 0.717) is 0 Å². The van der Waals surface area contributed by atoms with E-state index >= 15 is 0 Å². The zero-order chi connectivity index (χ0) is 12.6. The van der Waals surface area contributed by atoms with E-state index in [1.165, 1.54) is 31.8 Å². The topological polar surface area (TPSA) is 0 Å². The SMILES string of the molecule is CCCCC(CC)C(C)C(C)CP(P)PP. The first-order valence-corrected chi connectivity index (χ1v) is 13.3. The molecule has 0 aromatic heterocycles. The molecule has 0 heterocycles. The van der Waals surface area contributed by atoms with Gasteiger partial charge in [0, 0.05) is 0 Å². The fourth-order valence-electron chi connectivity index (χ4n) is 2.30. The summed E-state index contributed by atoms with van der Waals surface area (Å²) in [4.78, 5) is 0. The van der Waals surface area contributed by atoms with Crippen LogP contribution in [0, 0.1) is 17.8 Å². The number of hydrogen-bond donors (Lipinski definition) is 0. The zero-order valence-electron chi connectivity index (χ0n) is 11.4. The van der Waals surface area contributed by atoms with Gasteiger partial charge in [0.1, 0.15) is 0 Å². The Hall–Kier alpha value is 1.72. The summed E-state index contributed by atoms with van der Waals surface area (Å²) in [5.74, 6) is 2.76. The van der Waals surface area contributed by atoms with E-state index in [1.807, 2.05) is 0 Å². The van der Waals surface area contributed by atoms with E-state index in [4.69, 9.17) is 0 Å². The van der Waals surface area contributed by atoms with Gasteiger partial charge in [0.25, 0.3) is 0 Å². The Bertz CT molecular complexity index is 163. The second kappa shape index (κ2) is 10.6. The molecule has 0 spiro atoms. The number of unbranched alkanes of at least 4 members (excludes halogenated alkanes) is 1. The van der Waals surface area contributed by atoms with Crippen LogP contribution in [-0.2, 0) is 0 Å². The van der Waals surface area contributed by atoms with Crippen molar-refractivity contribution in [3.8, 4) is 0 Å². The molecule has 0 bridgehead atoms. The largest absolute Gasteiger partial charge is 0.110 e. The molecule has 7 atom stereocenters. The fourth-order valence-corrected chi connectivity index (χ4v) is 6.48. The molecule has 0 aliphatic carbocycles. The molecule has 0 aliphatic rings. The van der Waals surface area contributed by atoms with Crippen LogP contribution in [0.25, 0.3) is 0 Å². The molecule has 0 amide bonds. The molecule has 16 heavy (non-hydrogen) atoms. The first-order valence-electron chi connectivity index (χ1n) is 6.55. The minimum atomic E-state index is 0.215. The van der Waals surface area contributed by atoms with E-state index < -0.39 is 0 Å². The Labute approximate surface area is 111 Å². The Morgan fingerprint density at radius 2 is 1.88 bits per heavy atom. The third-order valence-electron chi connectivity index (χ3n) is 3.74. The van der Waals surface area contributed by atoms with Crippen molar-refractivity contribution in [3.63, 3.8) is 0 Å². The summed E-state index contributed by atoms with van der Waals surface area (Å²) in [6.07, 6.45) is 7.00. The molecule has 0 radical (unpaired) electrons. The van der Waals surface area contributed by atoms with Crippen LogP contribution >= 0.6 is 33.1 Å². The van der Waals surface area contributed by atoms with E-state index in [2.05, 4.69) is 45.6 Å². The summed E-state index contributed by atoms with van der Waals surface area (Å²) in [7, 11) is 7.25. The van der Waals surface area contributed by atoms with Gasteiger partial charge in [-0.05, 0) is 23.9 Å². The van der Waals surface area contributed by atoms with Crippen LogP contribution in [0.3, 0.4) is 0 Å². The third kappa shape index (κ3) is 7.22. The molecule has 0 aromatic rings. The maximum Gasteiger partial charge on any atom is -0.0224 e. The summed E-state index contributed by atoms with van der Waals surface area (Å²) in [5, 5.41) is 0. The maximum atomic E-state index is 3.06. The second-order valence-electron chi connectivity index (χ2n) is 4.93. The molecule has 98 valence electrons. The van der Waals surface area contributed by atoms with Gasteiger partial charge in [-0.1, -0.05) is 68.6 Å². The highest BCUT2D eigenvalue weighted by Crippen LogP contribution is 2.67. The minimum absolute atomic E-state index is 0.215. The molecule has 0 saturated carbocycles. The van der Waals surface area contributed by atoms with E-state index in [0.717, 1.165) is 25.7 Å². The number of hydrogen-bond acceptors (Lipinski definition) is 0. The molecule has 0 aliphatic heterocycles. The molecule has 0 saturated heterocycles. The van der Waals surface area contributed by atoms with Crippen LogP contribution < -0.4 is 0 Å². The molecule has 4 heteroatoms. The predicted molar refractivity (Wildman–Crippen MR) is 91.2 cm³/mol. The van der Waals surface area contributed by atoms with Crippen molar-refractivity contribution in [1.29, 1.82) is 0 Å². The molecular weight excluding hydrogens is 268 g/mol. The summed E-state index contributed by atoms with van der Waals surface area (Å²) in [5.41, 5.74) is 0. The van der Waals surface area contributed by atoms with Gasteiger partial charge in [0.05, 0.1) is 0 Å². The highest BCUT2D eigenvalue weighted by Gasteiger charge is 2.22. The van der Waals surface area contributed by atoms with E-state index in [9.17, 15) is 0 Å². The highest BCUT2D eigenvalue weighted by atomic mass is 32.6. The number of rotatable bonds is 9. The van der Waals surface area contributed by atoms with Gasteiger partial charge in [-0.15, -0.1) is 17.9 Å². The first-order chi connectivity index (χ1) is 7.56. The summed E-state index contributed by atoms with van der Waals surface area (Å²) in [6, 6.07) is 0. The van der Waals surface area contributed by atoms with Crippen LogP contribution in [0.15, 0.2) is 0 Å². The Kier molecular flexibility index (Phi) is 11.8. The molecule has 0 rings (SSSR count). The Morgan fingerprint density at radius 1 is 1.25 bits per heavy atom. The lowest BCUT2D eigenvalue weighted by atomic mass is 9.80. The first kappa shape index (κ1) is 17.7. The lowest BCUT2D eigenvalue weighted by molar-refractivity contribution is 0.253. The monoisotopic (exact) mass is 298 g/mol. The average molecular weight is 298 g/mol. The lowest BCUT2D eigenvalue weighted by Gasteiger charge is -2.29. The molecule has 7 unspecified atom stereocenters. The van der Waals surface area contributed by atoms with Gasteiger partial charge in [-0.3, -0.25) is 0 Å². The predicted octanol–water partition coefficient (Wildman–Crippen LogP) is 6.13. The van der Waals surface area contributed by atoms with Crippen LogP contribution in [0.1, 0.15) is 53.4 Å². The minimum Gasteiger partial charge on any atom is -0.110 e. The fraction of sp³-hybridized carbons (Fsp3) is 1.00. The van der Waals surface area contributed by atoms with Crippen molar-refractivity contribution >= 4 is 33.1 Å². The van der Waals surface area contributed by atoms with Crippen LogP contribution in [0.4, 0.5) is 0 Å². The van der Waals surface area contributed by atoms with Crippen molar-refractivity contribution in [2.45, 2.75) is 53.4 Å². The van der Waals surface area contributed by atoms with Crippen molar-refractivity contribution in [3.05, 3.63) is 0 Å². The quantitative estimate of drug-likeness (QED) is 0.449. The average Bonchev–Trinajstić information content (AvgIpc) is 2.29. The molecule has 0 N–H and O–H groups in total. The molecule has 0 fully saturated rings. The van der Waals surface area contributed by atoms with Gasteiger partial charge >= 0.3 is 0 Å². The van der Waals surface area contributed by atoms with Crippen molar-refractivity contribution in [2.24, 2.45) is 17.8 Å². The maximum absolute atomic E-state index is 3.06. The van der Waals surface area contributed by atoms with Crippen LogP contribution in [0.5, 0.6) is 0 Å². The normalized spacial score (nSPS) is 19.9. The van der Waals surface area contributed by atoms with E-state index in [1.54, 1.807) is 0 Å². The summed E-state index contributed by atoms with van der Waals surface area (Å²) >= 11 is 0. The Balaban J connectivity index is 4.09. The van der Waals surface area contributed by atoms with E-state index in [-0.39, 0.29) is 7.30 Å². The zero-order valence-corrected chi connectivity index (χ0v) is 15.6. The van der Waals surface area contributed by atoms with Crippen LogP contribution in [0.2, 0.25) is 0 Å². The van der Waals surface area contributed by atoms with Gasteiger partial charge < -0.3 is 0 Å². The van der Waals surface area contributed by atoms with Gasteiger partial charge in [0.2, 0.25) is 0 Å². The standard InChI is InChI=1S/C12H30P4/c1-5-7-8-12(6-2)11(4)10(3)9-16(14)15-13/h10-12,15H,5-9,13-14H2,1-4H3. The third-order valence-corrected chi connectivity index (χ3v) is 14.2. The smallest absolute Gasteiger partial charge is 0.0224 e. The second-order valence-corrected chi connectivity index (χ2v) is 14.7. The highest BCUT2D eigenvalue weighted by molar-refractivity contribution is 8.61. The van der Waals surface area contributed by atoms with Crippen molar-refractivity contribution in [1.82, 2.24) is 0 Å². The molecule has 0 nitrogen and oxygen atoms in total. The summed E-state index contributed by atoms with van der Waals surface area (Å²) in [6.45, 7) is 9.61. The van der Waals surface area contributed by atoms with Crippen molar-refractivity contribution in [2.75, 3.05) is 6.16 Å². The van der Waals surface area contributed by atoms with Gasteiger partial charge in [0.15, 0.2) is 0 Å². The van der Waals surface area contributed by atoms with Crippen LogP contribution in [-0.4, -0.2) is 6.16 Å². The van der Waals surface area contributed by atoms with Gasteiger partial charge in [-0.2, -0.15) is 0 Å².